The Balaban J connectivity index is 2.45. The van der Waals surface area contributed by atoms with E-state index in [1.807, 2.05) is 0 Å². The molecule has 0 aromatic carbocycles. The highest BCUT2D eigenvalue weighted by atomic mass is 16.5. The number of furan rings is 1. The zero-order chi connectivity index (χ0) is 9.97. The van der Waals surface area contributed by atoms with Gasteiger partial charge in [-0.1, -0.05) is 6.08 Å². The number of aromatic nitrogens is 1. The molecule has 4 nitrogen and oxygen atoms in total. The van der Waals surface area contributed by atoms with Crippen LogP contribution in [0.3, 0.4) is 0 Å². The van der Waals surface area contributed by atoms with E-state index in [-0.39, 0.29) is 0 Å². The van der Waals surface area contributed by atoms with Crippen molar-refractivity contribution in [3.8, 4) is 5.69 Å². The van der Waals surface area contributed by atoms with Gasteiger partial charge in [0, 0.05) is 12.5 Å². The largest absolute Gasteiger partial charge is 0.467 e. The van der Waals surface area contributed by atoms with Crippen LogP contribution in [0.15, 0.2) is 44.9 Å². The summed E-state index contributed by atoms with van der Waals surface area (Å²) in [5, 5.41) is 0. The van der Waals surface area contributed by atoms with Gasteiger partial charge in [0.05, 0.1) is 18.5 Å². The van der Waals surface area contributed by atoms with Crippen molar-refractivity contribution in [3.63, 3.8) is 0 Å². The maximum Gasteiger partial charge on any atom is 0.366 e. The molecule has 0 amide bonds. The predicted octanol–water partition coefficient (Wildman–Crippen LogP) is 1.55. The molecule has 0 aliphatic carbocycles. The Kier molecular flexibility index (Phi) is 2.10. The summed E-state index contributed by atoms with van der Waals surface area (Å²) in [6, 6.07) is 4.12. The molecular weight excluding hydrogens is 182 g/mol. The van der Waals surface area contributed by atoms with Crippen molar-refractivity contribution in [2.45, 2.75) is 6.42 Å². The van der Waals surface area contributed by atoms with E-state index in [1.54, 1.807) is 12.1 Å². The molecule has 0 bridgehead atoms. The minimum Gasteiger partial charge on any atom is -0.467 e. The zero-order valence-corrected chi connectivity index (χ0v) is 7.40. The highest BCUT2D eigenvalue weighted by Crippen LogP contribution is 2.15. The highest BCUT2D eigenvalue weighted by molar-refractivity contribution is 5.33. The Morgan fingerprint density at radius 2 is 2.50 bits per heavy atom. The quantitative estimate of drug-likeness (QED) is 0.690. The van der Waals surface area contributed by atoms with Gasteiger partial charge in [-0.25, -0.2) is 4.79 Å². The minimum absolute atomic E-state index is 0.504. The minimum atomic E-state index is -0.504. The van der Waals surface area contributed by atoms with Crippen LogP contribution in [0.4, 0.5) is 0 Å². The van der Waals surface area contributed by atoms with Crippen molar-refractivity contribution < 1.29 is 8.94 Å². The van der Waals surface area contributed by atoms with E-state index >= 15 is 0 Å². The first-order valence-electron chi connectivity index (χ1n) is 4.09. The first-order valence-corrected chi connectivity index (χ1v) is 4.09. The van der Waals surface area contributed by atoms with Crippen molar-refractivity contribution in [3.05, 3.63) is 53.4 Å². The first kappa shape index (κ1) is 8.62. The number of hydrogen-bond acceptors (Lipinski definition) is 3. The Bertz CT molecular complexity index is 489. The van der Waals surface area contributed by atoms with Gasteiger partial charge in [-0.15, -0.1) is 6.58 Å². The molecular formula is C10H8NO3. The summed E-state index contributed by atoms with van der Waals surface area (Å²) in [6.07, 6.45) is 5.27. The maximum atomic E-state index is 10.8. The van der Waals surface area contributed by atoms with E-state index in [1.165, 1.54) is 17.2 Å². The van der Waals surface area contributed by atoms with Crippen LogP contribution in [0.5, 0.6) is 0 Å². The van der Waals surface area contributed by atoms with Crippen LogP contribution < -0.4 is 5.63 Å². The summed E-state index contributed by atoms with van der Waals surface area (Å²) < 4.78 is 11.4. The van der Waals surface area contributed by atoms with E-state index < -0.39 is 5.63 Å². The van der Waals surface area contributed by atoms with E-state index in [2.05, 4.69) is 12.6 Å². The van der Waals surface area contributed by atoms with Gasteiger partial charge < -0.3 is 8.94 Å². The molecule has 0 unspecified atom stereocenters. The fourth-order valence-corrected chi connectivity index (χ4v) is 1.19. The van der Waals surface area contributed by atoms with Crippen LogP contribution >= 0.6 is 0 Å². The summed E-state index contributed by atoms with van der Waals surface area (Å²) in [7, 11) is 0. The first-order chi connectivity index (χ1) is 6.81. The van der Waals surface area contributed by atoms with Crippen molar-refractivity contribution >= 4 is 0 Å². The molecule has 14 heavy (non-hydrogen) atoms. The third-order valence-corrected chi connectivity index (χ3v) is 1.77. The second-order valence-electron chi connectivity index (χ2n) is 2.70. The van der Waals surface area contributed by atoms with Crippen LogP contribution in [0.2, 0.25) is 0 Å². The molecule has 0 fully saturated rings. The van der Waals surface area contributed by atoms with Gasteiger partial charge >= 0.3 is 5.63 Å². The van der Waals surface area contributed by atoms with Crippen molar-refractivity contribution in [2.24, 2.45) is 0 Å². The lowest BCUT2D eigenvalue weighted by Gasteiger charge is -1.97. The molecule has 0 aliphatic heterocycles. The lowest BCUT2D eigenvalue weighted by atomic mass is 10.3. The van der Waals surface area contributed by atoms with Gasteiger partial charge in [0.2, 0.25) is 0 Å². The number of rotatable bonds is 3. The third-order valence-electron chi connectivity index (χ3n) is 1.77. The Morgan fingerprint density at radius 3 is 3.14 bits per heavy atom. The molecule has 2 aromatic rings. The Hall–Kier alpha value is -1.97. The topological polar surface area (TPSA) is 48.3 Å². The molecule has 0 saturated heterocycles. The Morgan fingerprint density at radius 1 is 1.64 bits per heavy atom. The summed E-state index contributed by atoms with van der Waals surface area (Å²) >= 11 is 0. The van der Waals surface area contributed by atoms with Crippen LogP contribution in [0.25, 0.3) is 5.69 Å². The normalized spacial score (nSPS) is 10.3. The molecule has 0 atom stereocenters. The number of nitrogens with zero attached hydrogens (tertiary/aromatic N) is 1. The van der Waals surface area contributed by atoms with Crippen molar-refractivity contribution in [1.82, 2.24) is 4.74 Å². The molecule has 1 radical (unpaired) electrons. The lowest BCUT2D eigenvalue weighted by molar-refractivity contribution is 0.320. The molecule has 0 spiro atoms. The fraction of sp³-hybridized carbons (Fsp3) is 0.100. The third kappa shape index (κ3) is 1.42. The molecule has 71 valence electrons. The molecule has 0 aliphatic rings. The second kappa shape index (κ2) is 3.41. The van der Waals surface area contributed by atoms with Crippen molar-refractivity contribution in [2.75, 3.05) is 0 Å². The maximum absolute atomic E-state index is 10.8. The van der Waals surface area contributed by atoms with Gasteiger partial charge in [0.1, 0.15) is 11.4 Å². The SMILES string of the molecule is C=CCc1occc1-n1c[c]c(=O)o1. The van der Waals surface area contributed by atoms with Crippen LogP contribution in [0, 0.1) is 6.07 Å². The fourth-order valence-electron chi connectivity index (χ4n) is 1.19. The molecule has 4 heteroatoms. The van der Waals surface area contributed by atoms with Crippen LogP contribution in [-0.2, 0) is 6.42 Å². The van der Waals surface area contributed by atoms with Crippen LogP contribution in [-0.4, -0.2) is 4.74 Å². The van der Waals surface area contributed by atoms with Gasteiger partial charge in [-0.05, 0) is 0 Å². The van der Waals surface area contributed by atoms with Gasteiger partial charge in [0.25, 0.3) is 0 Å². The van der Waals surface area contributed by atoms with Gasteiger partial charge in [0.15, 0.2) is 0 Å². The monoisotopic (exact) mass is 190 g/mol. The molecule has 2 heterocycles. The average molecular weight is 190 g/mol. The molecule has 2 aromatic heterocycles. The molecule has 0 saturated carbocycles. The van der Waals surface area contributed by atoms with E-state index in [0.717, 1.165) is 0 Å². The summed E-state index contributed by atoms with van der Waals surface area (Å²) in [5.41, 5.74) is 0.194. The highest BCUT2D eigenvalue weighted by Gasteiger charge is 2.08. The number of hydrogen-bond donors (Lipinski definition) is 0. The van der Waals surface area contributed by atoms with Crippen molar-refractivity contribution in [1.29, 1.82) is 0 Å². The Labute approximate surface area is 80.0 Å². The zero-order valence-electron chi connectivity index (χ0n) is 7.40. The summed E-state index contributed by atoms with van der Waals surface area (Å²) in [4.78, 5) is 10.8. The standard InChI is InChI=1S/C10H8NO3/c1-2-3-9-8(5-7-13-9)11-6-4-10(12)14-11/h2,5-7H,1,3H2. The lowest BCUT2D eigenvalue weighted by Crippen LogP contribution is -1.95. The van der Waals surface area contributed by atoms with Gasteiger partial charge in [-0.3, -0.25) is 0 Å². The number of allylic oxidation sites excluding steroid dienone is 1. The summed E-state index contributed by atoms with van der Waals surface area (Å²) in [6.45, 7) is 3.61. The van der Waals surface area contributed by atoms with E-state index in [9.17, 15) is 4.79 Å². The predicted molar refractivity (Wildman–Crippen MR) is 49.3 cm³/mol. The van der Waals surface area contributed by atoms with Gasteiger partial charge in [-0.2, -0.15) is 4.74 Å². The smallest absolute Gasteiger partial charge is 0.366 e. The van der Waals surface area contributed by atoms with Crippen LogP contribution in [0.1, 0.15) is 5.76 Å². The molecule has 0 N–H and O–H groups in total. The van der Waals surface area contributed by atoms with E-state index in [4.69, 9.17) is 8.94 Å². The summed E-state index contributed by atoms with van der Waals surface area (Å²) in [5.74, 6) is 0.702. The molecule has 2 rings (SSSR count). The second-order valence-corrected chi connectivity index (χ2v) is 2.70. The average Bonchev–Trinajstić information content (AvgIpc) is 2.74. The van der Waals surface area contributed by atoms with E-state index in [0.29, 0.717) is 17.9 Å².